The van der Waals surface area contributed by atoms with Crippen molar-refractivity contribution in [1.29, 1.82) is 0 Å². The Kier molecular flexibility index (Phi) is 2.71. The van der Waals surface area contributed by atoms with Crippen LogP contribution in [0.15, 0.2) is 12.7 Å². The average Bonchev–Trinajstić information content (AvgIpc) is 2.74. The van der Waals surface area contributed by atoms with Crippen molar-refractivity contribution in [3.63, 3.8) is 0 Å². The second-order valence-corrected chi connectivity index (χ2v) is 3.24. The van der Waals surface area contributed by atoms with E-state index in [1.165, 1.54) is 0 Å². The maximum absolute atomic E-state index is 12.4. The molecule has 0 amide bonds. The lowest BCUT2D eigenvalue weighted by Crippen LogP contribution is -2.32. The zero-order valence-corrected chi connectivity index (χ0v) is 7.53. The molecule has 0 saturated carbocycles. The number of rotatable bonds is 4. The Labute approximate surface area is 75.6 Å². The SMILES string of the molecule is C=CC1(C(F)(F)F)OC1CCCC. The predicted octanol–water partition coefficient (Wildman–Crippen LogP) is 3.06. The van der Waals surface area contributed by atoms with Crippen LogP contribution in [0.1, 0.15) is 26.2 Å². The minimum atomic E-state index is -4.31. The Morgan fingerprint density at radius 1 is 1.54 bits per heavy atom. The smallest absolute Gasteiger partial charge is 0.352 e. The Morgan fingerprint density at radius 3 is 2.46 bits per heavy atom. The van der Waals surface area contributed by atoms with Crippen LogP contribution < -0.4 is 0 Å². The van der Waals surface area contributed by atoms with Crippen LogP contribution >= 0.6 is 0 Å². The summed E-state index contributed by atoms with van der Waals surface area (Å²) < 4.78 is 41.8. The Balaban J connectivity index is 2.54. The number of hydrogen-bond acceptors (Lipinski definition) is 1. The molecule has 13 heavy (non-hydrogen) atoms. The fraction of sp³-hybridized carbons (Fsp3) is 0.778. The molecular weight excluding hydrogens is 181 g/mol. The van der Waals surface area contributed by atoms with Crippen molar-refractivity contribution in [2.45, 2.75) is 44.1 Å². The summed E-state index contributed by atoms with van der Waals surface area (Å²) >= 11 is 0. The van der Waals surface area contributed by atoms with Gasteiger partial charge in [0.1, 0.15) is 6.10 Å². The highest BCUT2D eigenvalue weighted by Crippen LogP contribution is 2.52. The number of unbranched alkanes of at least 4 members (excludes halogenated alkanes) is 1. The predicted molar refractivity (Wildman–Crippen MR) is 43.4 cm³/mol. The summed E-state index contributed by atoms with van der Waals surface area (Å²) in [5.74, 6) is 0. The summed E-state index contributed by atoms with van der Waals surface area (Å²) in [4.78, 5) is 0. The van der Waals surface area contributed by atoms with E-state index in [2.05, 4.69) is 11.3 Å². The van der Waals surface area contributed by atoms with Gasteiger partial charge in [0, 0.05) is 0 Å². The van der Waals surface area contributed by atoms with Crippen LogP contribution in [0.4, 0.5) is 13.2 Å². The molecule has 1 rings (SSSR count). The molecule has 0 radical (unpaired) electrons. The number of alkyl halides is 3. The molecule has 0 aromatic carbocycles. The lowest BCUT2D eigenvalue weighted by molar-refractivity contribution is -0.169. The van der Waals surface area contributed by atoms with Gasteiger partial charge >= 0.3 is 6.18 Å². The highest BCUT2D eigenvalue weighted by Gasteiger charge is 2.70. The van der Waals surface area contributed by atoms with E-state index in [0.717, 1.165) is 18.9 Å². The van der Waals surface area contributed by atoms with Crippen molar-refractivity contribution in [3.8, 4) is 0 Å². The molecule has 0 N–H and O–H groups in total. The van der Waals surface area contributed by atoms with Crippen molar-refractivity contribution in [2.75, 3.05) is 0 Å². The molecule has 0 bridgehead atoms. The summed E-state index contributed by atoms with van der Waals surface area (Å²) in [5, 5.41) is 0. The Bertz CT molecular complexity index is 200. The molecule has 0 aromatic heterocycles. The number of hydrogen-bond donors (Lipinski definition) is 0. The standard InChI is InChI=1S/C9H13F3O/c1-3-5-6-7-8(4-2,13-7)9(10,11)12/h4,7H,2-3,5-6H2,1H3. The number of epoxide rings is 1. The number of ether oxygens (including phenoxy) is 1. The maximum Gasteiger partial charge on any atom is 0.423 e. The molecule has 2 atom stereocenters. The van der Waals surface area contributed by atoms with Gasteiger partial charge in [-0.05, 0) is 12.5 Å². The quantitative estimate of drug-likeness (QED) is 0.495. The van der Waals surface area contributed by atoms with E-state index in [4.69, 9.17) is 0 Å². The lowest BCUT2D eigenvalue weighted by atomic mass is 10.0. The first-order valence-electron chi connectivity index (χ1n) is 4.36. The summed E-state index contributed by atoms with van der Waals surface area (Å²) in [6, 6.07) is 0. The molecule has 1 aliphatic heterocycles. The molecular formula is C9H13F3O. The van der Waals surface area contributed by atoms with E-state index < -0.39 is 17.9 Å². The van der Waals surface area contributed by atoms with Gasteiger partial charge in [-0.15, -0.1) is 0 Å². The molecule has 1 nitrogen and oxygen atoms in total. The first-order chi connectivity index (χ1) is 5.98. The molecule has 76 valence electrons. The second kappa shape index (κ2) is 3.33. The van der Waals surface area contributed by atoms with Crippen molar-refractivity contribution in [1.82, 2.24) is 0 Å². The average molecular weight is 194 g/mol. The van der Waals surface area contributed by atoms with Crippen LogP contribution in [0.5, 0.6) is 0 Å². The van der Waals surface area contributed by atoms with Crippen LogP contribution in [0.25, 0.3) is 0 Å². The van der Waals surface area contributed by atoms with Crippen molar-refractivity contribution in [3.05, 3.63) is 12.7 Å². The van der Waals surface area contributed by atoms with Crippen molar-refractivity contribution < 1.29 is 17.9 Å². The summed E-state index contributed by atoms with van der Waals surface area (Å²) in [6.45, 7) is 5.11. The summed E-state index contributed by atoms with van der Waals surface area (Å²) in [5.41, 5.74) is -2.04. The maximum atomic E-state index is 12.4. The summed E-state index contributed by atoms with van der Waals surface area (Å²) in [6.07, 6.45) is -2.05. The highest BCUT2D eigenvalue weighted by atomic mass is 19.4. The normalized spacial score (nSPS) is 33.1. The van der Waals surface area contributed by atoms with Crippen LogP contribution in [-0.2, 0) is 4.74 Å². The van der Waals surface area contributed by atoms with Gasteiger partial charge in [0.05, 0.1) is 0 Å². The van der Waals surface area contributed by atoms with Gasteiger partial charge in [-0.25, -0.2) is 0 Å². The second-order valence-electron chi connectivity index (χ2n) is 3.24. The molecule has 0 aromatic rings. The molecule has 1 heterocycles. The Morgan fingerprint density at radius 2 is 2.15 bits per heavy atom. The lowest BCUT2D eigenvalue weighted by Gasteiger charge is -2.11. The monoisotopic (exact) mass is 194 g/mol. The van der Waals surface area contributed by atoms with Crippen molar-refractivity contribution in [2.24, 2.45) is 0 Å². The van der Waals surface area contributed by atoms with Gasteiger partial charge in [-0.2, -0.15) is 13.2 Å². The first-order valence-corrected chi connectivity index (χ1v) is 4.36. The minimum Gasteiger partial charge on any atom is -0.352 e. The minimum absolute atomic E-state index is 0.460. The van der Waals surface area contributed by atoms with E-state index in [1.807, 2.05) is 6.92 Å². The summed E-state index contributed by atoms with van der Waals surface area (Å²) in [7, 11) is 0. The van der Waals surface area contributed by atoms with Crippen LogP contribution in [-0.4, -0.2) is 17.9 Å². The van der Waals surface area contributed by atoms with Crippen LogP contribution in [0.3, 0.4) is 0 Å². The third-order valence-corrected chi connectivity index (χ3v) is 2.32. The third kappa shape index (κ3) is 1.73. The molecule has 0 aliphatic carbocycles. The zero-order chi connectivity index (χ0) is 10.1. The molecule has 2 unspecified atom stereocenters. The van der Waals surface area contributed by atoms with Gasteiger partial charge in [-0.1, -0.05) is 26.3 Å². The number of halogens is 3. The molecule has 1 fully saturated rings. The van der Waals surface area contributed by atoms with E-state index in [0.29, 0.717) is 6.42 Å². The third-order valence-electron chi connectivity index (χ3n) is 2.32. The van der Waals surface area contributed by atoms with Gasteiger partial charge in [-0.3, -0.25) is 0 Å². The van der Waals surface area contributed by atoms with Gasteiger partial charge < -0.3 is 4.74 Å². The molecule has 1 aliphatic rings. The first kappa shape index (κ1) is 10.6. The topological polar surface area (TPSA) is 12.5 Å². The van der Waals surface area contributed by atoms with E-state index in [9.17, 15) is 13.2 Å². The zero-order valence-electron chi connectivity index (χ0n) is 7.53. The van der Waals surface area contributed by atoms with Crippen LogP contribution in [0.2, 0.25) is 0 Å². The van der Waals surface area contributed by atoms with Crippen molar-refractivity contribution >= 4 is 0 Å². The van der Waals surface area contributed by atoms with Gasteiger partial charge in [0.15, 0.2) is 0 Å². The fourth-order valence-electron chi connectivity index (χ4n) is 1.41. The highest BCUT2D eigenvalue weighted by molar-refractivity contribution is 5.18. The van der Waals surface area contributed by atoms with E-state index in [1.54, 1.807) is 0 Å². The molecule has 4 heteroatoms. The fourth-order valence-corrected chi connectivity index (χ4v) is 1.41. The largest absolute Gasteiger partial charge is 0.423 e. The van der Waals surface area contributed by atoms with Crippen LogP contribution in [0, 0.1) is 0 Å². The van der Waals surface area contributed by atoms with Gasteiger partial charge in [0.25, 0.3) is 0 Å². The molecule has 1 saturated heterocycles. The Hall–Kier alpha value is -0.510. The van der Waals surface area contributed by atoms with Gasteiger partial charge in [0.2, 0.25) is 5.60 Å². The van der Waals surface area contributed by atoms with E-state index >= 15 is 0 Å². The van der Waals surface area contributed by atoms with E-state index in [-0.39, 0.29) is 0 Å². The molecule has 0 spiro atoms.